The number of carbonyl (C=O) groups excluding carboxylic acids is 3. The summed E-state index contributed by atoms with van der Waals surface area (Å²) in [5.74, 6) is -1.32. The lowest BCUT2D eigenvalue weighted by atomic mass is 10.0. The van der Waals surface area contributed by atoms with Crippen molar-refractivity contribution in [3.63, 3.8) is 0 Å². The second kappa shape index (κ2) is 8.81. The molecular weight excluding hydrogens is 360 g/mol. The maximum Gasteiger partial charge on any atom is 0.338 e. The number of ether oxygens (including phenoxy) is 3. The van der Waals surface area contributed by atoms with Crippen LogP contribution in [0.4, 0.5) is 0 Å². The Morgan fingerprint density at radius 3 is 1.89 bits per heavy atom. The maximum absolute atomic E-state index is 13.1. The molecule has 0 radical (unpaired) electrons. The number of methoxy groups -OCH3 is 1. The first-order valence-electron chi connectivity index (χ1n) is 8.31. The molecule has 0 unspecified atom stereocenters. The zero-order valence-electron chi connectivity index (χ0n) is 15.9. The highest BCUT2D eigenvalue weighted by atomic mass is 16.5. The Morgan fingerprint density at radius 2 is 1.32 bits per heavy atom. The lowest BCUT2D eigenvalue weighted by molar-refractivity contribution is -0.130. The van der Waals surface area contributed by atoms with E-state index < -0.39 is 17.7 Å². The average Bonchev–Trinajstić information content (AvgIpc) is 2.67. The van der Waals surface area contributed by atoms with E-state index in [-0.39, 0.29) is 33.8 Å². The Labute approximate surface area is 163 Å². The molecule has 6 nitrogen and oxygen atoms in total. The number of esters is 2. The Balaban J connectivity index is 2.49. The second-order valence-corrected chi connectivity index (χ2v) is 6.03. The third-order valence-corrected chi connectivity index (χ3v) is 3.67. The fourth-order valence-electron chi connectivity index (χ4n) is 2.16. The van der Waals surface area contributed by atoms with Crippen LogP contribution in [0.3, 0.4) is 0 Å². The van der Waals surface area contributed by atoms with Gasteiger partial charge in [-0.05, 0) is 38.1 Å². The number of benzene rings is 2. The number of rotatable bonds is 7. The largest absolute Gasteiger partial charge is 0.497 e. The number of para-hydroxylation sites is 1. The van der Waals surface area contributed by atoms with Crippen LogP contribution in [0.5, 0.6) is 17.2 Å². The summed E-state index contributed by atoms with van der Waals surface area (Å²) in [6.45, 7) is 10.1. The molecule has 0 aliphatic carbocycles. The molecule has 0 saturated heterocycles. The van der Waals surface area contributed by atoms with Gasteiger partial charge in [-0.3, -0.25) is 4.79 Å². The second-order valence-electron chi connectivity index (χ2n) is 6.03. The molecular formula is C22H20O6. The minimum Gasteiger partial charge on any atom is -0.497 e. The fourth-order valence-corrected chi connectivity index (χ4v) is 2.16. The van der Waals surface area contributed by atoms with Crippen molar-refractivity contribution in [1.82, 2.24) is 0 Å². The van der Waals surface area contributed by atoms with Crippen LogP contribution in [0.25, 0.3) is 0 Å². The van der Waals surface area contributed by atoms with Crippen LogP contribution >= 0.6 is 0 Å². The molecule has 2 rings (SSSR count). The van der Waals surface area contributed by atoms with Gasteiger partial charge in [-0.2, -0.15) is 0 Å². The van der Waals surface area contributed by atoms with Crippen LogP contribution in [-0.4, -0.2) is 24.8 Å². The SMILES string of the molecule is C=C(C)C(=O)Oc1ccccc1C(=O)c1ccc(OC)cc1OC(=O)C(=C)C. The number of hydrogen-bond acceptors (Lipinski definition) is 6. The summed E-state index contributed by atoms with van der Waals surface area (Å²) in [7, 11) is 1.45. The van der Waals surface area contributed by atoms with E-state index >= 15 is 0 Å². The van der Waals surface area contributed by atoms with Crippen LogP contribution in [-0.2, 0) is 9.59 Å². The minimum atomic E-state index is -0.677. The predicted molar refractivity (Wildman–Crippen MR) is 104 cm³/mol. The maximum atomic E-state index is 13.1. The van der Waals surface area contributed by atoms with Gasteiger partial charge in [0.25, 0.3) is 0 Å². The van der Waals surface area contributed by atoms with Gasteiger partial charge in [0.1, 0.15) is 17.2 Å². The Kier molecular flexibility index (Phi) is 6.50. The quantitative estimate of drug-likeness (QED) is 0.314. The van der Waals surface area contributed by atoms with Gasteiger partial charge in [0.2, 0.25) is 5.78 Å². The number of ketones is 1. The molecule has 144 valence electrons. The van der Waals surface area contributed by atoms with Gasteiger partial charge >= 0.3 is 11.9 Å². The van der Waals surface area contributed by atoms with Crippen molar-refractivity contribution in [2.75, 3.05) is 7.11 Å². The summed E-state index contributed by atoms with van der Waals surface area (Å²) < 4.78 is 15.7. The zero-order valence-corrected chi connectivity index (χ0v) is 15.9. The first-order chi connectivity index (χ1) is 13.2. The lowest BCUT2D eigenvalue weighted by Gasteiger charge is -2.13. The van der Waals surface area contributed by atoms with Crippen molar-refractivity contribution in [1.29, 1.82) is 0 Å². The van der Waals surface area contributed by atoms with Gasteiger partial charge in [-0.25, -0.2) is 9.59 Å². The summed E-state index contributed by atoms with van der Waals surface area (Å²) in [5.41, 5.74) is 0.615. The van der Waals surface area contributed by atoms with E-state index in [0.29, 0.717) is 5.75 Å². The van der Waals surface area contributed by atoms with Crippen molar-refractivity contribution < 1.29 is 28.6 Å². The van der Waals surface area contributed by atoms with Crippen LogP contribution in [0, 0.1) is 0 Å². The summed E-state index contributed by atoms with van der Waals surface area (Å²) in [6.07, 6.45) is 0. The van der Waals surface area contributed by atoms with Crippen molar-refractivity contribution in [3.8, 4) is 17.2 Å². The van der Waals surface area contributed by atoms with Gasteiger partial charge in [0.05, 0.1) is 18.2 Å². The van der Waals surface area contributed by atoms with E-state index in [1.54, 1.807) is 18.2 Å². The molecule has 0 atom stereocenters. The van der Waals surface area contributed by atoms with Gasteiger partial charge in [-0.15, -0.1) is 0 Å². The molecule has 0 aromatic heterocycles. The molecule has 0 aliphatic heterocycles. The first-order valence-corrected chi connectivity index (χ1v) is 8.31. The molecule has 0 N–H and O–H groups in total. The van der Waals surface area contributed by atoms with Crippen LogP contribution in [0.15, 0.2) is 66.8 Å². The molecule has 0 saturated carbocycles. The Hall–Kier alpha value is -3.67. The smallest absolute Gasteiger partial charge is 0.338 e. The summed E-state index contributed by atoms with van der Waals surface area (Å²) in [4.78, 5) is 36.9. The molecule has 28 heavy (non-hydrogen) atoms. The van der Waals surface area contributed by atoms with Crippen molar-refractivity contribution in [2.45, 2.75) is 13.8 Å². The van der Waals surface area contributed by atoms with E-state index in [1.807, 2.05) is 0 Å². The number of hydrogen-bond donors (Lipinski definition) is 0. The molecule has 2 aromatic rings. The van der Waals surface area contributed by atoms with Crippen molar-refractivity contribution >= 4 is 17.7 Å². The molecule has 2 aromatic carbocycles. The molecule has 0 amide bonds. The topological polar surface area (TPSA) is 78.9 Å². The standard InChI is InChI=1S/C22H20O6/c1-13(2)21(24)27-18-9-7-6-8-16(18)20(23)17-11-10-15(26-5)12-19(17)28-22(25)14(3)4/h6-12H,1,3H2,2,4-5H3. The first kappa shape index (κ1) is 20.6. The van der Waals surface area contributed by atoms with E-state index in [1.165, 1.54) is 45.2 Å². The summed E-state index contributed by atoms with van der Waals surface area (Å²) in [6, 6.07) is 10.7. The predicted octanol–water partition coefficient (Wildman–Crippen LogP) is 3.89. The van der Waals surface area contributed by atoms with Gasteiger partial charge in [0, 0.05) is 17.2 Å². The van der Waals surface area contributed by atoms with Crippen molar-refractivity contribution in [2.24, 2.45) is 0 Å². The van der Waals surface area contributed by atoms with E-state index in [2.05, 4.69) is 13.2 Å². The zero-order chi connectivity index (χ0) is 20.8. The fraction of sp³-hybridized carbons (Fsp3) is 0.136. The molecule has 0 bridgehead atoms. The van der Waals surface area contributed by atoms with Gasteiger partial charge < -0.3 is 14.2 Å². The summed E-state index contributed by atoms with van der Waals surface area (Å²) in [5, 5.41) is 0. The minimum absolute atomic E-state index is 0.0124. The third kappa shape index (κ3) is 4.73. The highest BCUT2D eigenvalue weighted by molar-refractivity contribution is 6.13. The Bertz CT molecular complexity index is 971. The van der Waals surface area contributed by atoms with Gasteiger partial charge in [-0.1, -0.05) is 25.3 Å². The van der Waals surface area contributed by atoms with E-state index in [9.17, 15) is 14.4 Å². The normalized spacial score (nSPS) is 9.96. The van der Waals surface area contributed by atoms with E-state index in [0.717, 1.165) is 0 Å². The summed E-state index contributed by atoms with van der Waals surface area (Å²) >= 11 is 0. The molecule has 6 heteroatoms. The molecule has 0 fully saturated rings. The van der Waals surface area contributed by atoms with E-state index in [4.69, 9.17) is 14.2 Å². The van der Waals surface area contributed by atoms with Crippen LogP contribution in [0.1, 0.15) is 29.8 Å². The molecule has 0 aliphatic rings. The third-order valence-electron chi connectivity index (χ3n) is 3.67. The lowest BCUT2D eigenvalue weighted by Crippen LogP contribution is -2.14. The van der Waals surface area contributed by atoms with Gasteiger partial charge in [0.15, 0.2) is 0 Å². The van der Waals surface area contributed by atoms with Crippen LogP contribution in [0.2, 0.25) is 0 Å². The monoisotopic (exact) mass is 380 g/mol. The highest BCUT2D eigenvalue weighted by Crippen LogP contribution is 2.30. The molecule has 0 spiro atoms. The average molecular weight is 380 g/mol. The van der Waals surface area contributed by atoms with Crippen LogP contribution < -0.4 is 14.2 Å². The Morgan fingerprint density at radius 1 is 0.786 bits per heavy atom. The highest BCUT2D eigenvalue weighted by Gasteiger charge is 2.22. The number of carbonyl (C=O) groups is 3. The molecule has 0 heterocycles. The van der Waals surface area contributed by atoms with Crippen molar-refractivity contribution in [3.05, 3.63) is 77.9 Å².